The van der Waals surface area contributed by atoms with Gasteiger partial charge >= 0.3 is 0 Å². The van der Waals surface area contributed by atoms with Gasteiger partial charge < -0.3 is 5.32 Å². The maximum absolute atomic E-state index is 12.7. The quantitative estimate of drug-likeness (QED) is 0.868. The van der Waals surface area contributed by atoms with Gasteiger partial charge in [-0.25, -0.2) is 8.42 Å². The van der Waals surface area contributed by atoms with Crippen LogP contribution in [-0.4, -0.2) is 31.9 Å². The Morgan fingerprint density at radius 3 is 2.57 bits per heavy atom. The van der Waals surface area contributed by atoms with Gasteiger partial charge in [0, 0.05) is 12.3 Å². The molecule has 0 spiro atoms. The van der Waals surface area contributed by atoms with E-state index in [0.717, 1.165) is 31.2 Å². The summed E-state index contributed by atoms with van der Waals surface area (Å²) in [7, 11) is -3.03. The molecule has 1 aromatic rings. The van der Waals surface area contributed by atoms with E-state index >= 15 is 0 Å². The van der Waals surface area contributed by atoms with Gasteiger partial charge in [0.2, 0.25) is 5.91 Å². The van der Waals surface area contributed by atoms with Crippen molar-refractivity contribution in [2.75, 3.05) is 6.26 Å². The number of carbonyl (C=O) groups is 1. The number of hydrogen-bond donors (Lipinski definition) is 1. The van der Waals surface area contributed by atoms with E-state index in [4.69, 9.17) is 0 Å². The molecule has 1 saturated carbocycles. The van der Waals surface area contributed by atoms with Gasteiger partial charge in [0.1, 0.15) is 9.84 Å². The zero-order valence-corrected chi connectivity index (χ0v) is 14.8. The second kappa shape index (κ2) is 7.95. The maximum atomic E-state index is 12.7. The Labute approximate surface area is 139 Å². The van der Waals surface area contributed by atoms with Gasteiger partial charge in [0.05, 0.1) is 11.2 Å². The lowest BCUT2D eigenvalue weighted by atomic mass is 9.91. The average Bonchev–Trinajstić information content (AvgIpc) is 2.53. The fourth-order valence-electron chi connectivity index (χ4n) is 3.39. The minimum atomic E-state index is -3.03. The van der Waals surface area contributed by atoms with Crippen LogP contribution in [0.5, 0.6) is 0 Å². The lowest BCUT2D eigenvalue weighted by Crippen LogP contribution is -2.43. The summed E-state index contributed by atoms with van der Waals surface area (Å²) in [5.41, 5.74) is 1.03. The van der Waals surface area contributed by atoms with Crippen molar-refractivity contribution in [3.8, 4) is 0 Å². The van der Waals surface area contributed by atoms with Gasteiger partial charge in [0.25, 0.3) is 0 Å². The smallest absolute Gasteiger partial charge is 0.227 e. The van der Waals surface area contributed by atoms with E-state index in [1.54, 1.807) is 0 Å². The number of sulfone groups is 1. The van der Waals surface area contributed by atoms with E-state index < -0.39 is 9.84 Å². The van der Waals surface area contributed by atoms with Crippen LogP contribution in [0, 0.1) is 0 Å². The van der Waals surface area contributed by atoms with Gasteiger partial charge in [-0.3, -0.25) is 4.79 Å². The van der Waals surface area contributed by atoms with Crippen molar-refractivity contribution in [3.05, 3.63) is 35.9 Å². The largest absolute Gasteiger partial charge is 0.353 e. The molecule has 1 aliphatic carbocycles. The first kappa shape index (κ1) is 18.0. The molecule has 23 heavy (non-hydrogen) atoms. The van der Waals surface area contributed by atoms with E-state index in [1.807, 2.05) is 30.3 Å². The second-order valence-electron chi connectivity index (χ2n) is 6.58. The first-order chi connectivity index (χ1) is 10.9. The first-order valence-electron chi connectivity index (χ1n) is 8.46. The van der Waals surface area contributed by atoms with Gasteiger partial charge in [-0.15, -0.1) is 0 Å². The Kier molecular flexibility index (Phi) is 6.22. The molecule has 1 fully saturated rings. The van der Waals surface area contributed by atoms with Crippen LogP contribution in [-0.2, 0) is 14.6 Å². The van der Waals surface area contributed by atoms with Crippen LogP contribution < -0.4 is 5.32 Å². The van der Waals surface area contributed by atoms with Crippen LogP contribution >= 0.6 is 0 Å². The molecule has 128 valence electrons. The highest BCUT2D eigenvalue weighted by Crippen LogP contribution is 2.26. The Morgan fingerprint density at radius 2 is 1.96 bits per heavy atom. The molecular weight excluding hydrogens is 310 g/mol. The number of hydrogen-bond acceptors (Lipinski definition) is 3. The molecule has 0 radical (unpaired) electrons. The molecule has 2 rings (SSSR count). The van der Waals surface area contributed by atoms with Crippen molar-refractivity contribution in [2.45, 2.75) is 62.7 Å². The van der Waals surface area contributed by atoms with Gasteiger partial charge in [-0.05, 0) is 31.2 Å². The SMILES string of the molecule is CCC[C@H](C(=O)N[C@H]1CCC[C@H](S(C)(=O)=O)C1)c1ccccc1. The monoisotopic (exact) mass is 337 g/mol. The first-order valence-corrected chi connectivity index (χ1v) is 10.4. The molecule has 1 aromatic carbocycles. The Morgan fingerprint density at radius 1 is 1.26 bits per heavy atom. The van der Waals surface area contributed by atoms with Gasteiger partial charge in [0.15, 0.2) is 0 Å². The molecule has 0 heterocycles. The summed E-state index contributed by atoms with van der Waals surface area (Å²) in [6.07, 6.45) is 6.01. The maximum Gasteiger partial charge on any atom is 0.227 e. The van der Waals surface area contributed by atoms with Crippen molar-refractivity contribution in [3.63, 3.8) is 0 Å². The molecule has 5 heteroatoms. The normalized spacial score (nSPS) is 23.2. The van der Waals surface area contributed by atoms with Crippen LogP contribution in [0.15, 0.2) is 30.3 Å². The zero-order valence-electron chi connectivity index (χ0n) is 14.0. The highest BCUT2D eigenvalue weighted by atomic mass is 32.2. The van der Waals surface area contributed by atoms with Gasteiger partial charge in [-0.2, -0.15) is 0 Å². The fourth-order valence-corrected chi connectivity index (χ4v) is 4.57. The van der Waals surface area contributed by atoms with Crippen molar-refractivity contribution in [1.29, 1.82) is 0 Å². The van der Waals surface area contributed by atoms with Crippen LogP contribution in [0.1, 0.15) is 56.9 Å². The number of benzene rings is 1. The highest BCUT2D eigenvalue weighted by Gasteiger charge is 2.31. The van der Waals surface area contributed by atoms with Crippen molar-refractivity contribution in [1.82, 2.24) is 5.32 Å². The molecule has 4 nitrogen and oxygen atoms in total. The predicted octanol–water partition coefficient (Wildman–Crippen LogP) is 3.04. The summed E-state index contributed by atoms with van der Waals surface area (Å²) in [6.45, 7) is 2.07. The molecule has 0 saturated heterocycles. The Hall–Kier alpha value is -1.36. The topological polar surface area (TPSA) is 63.2 Å². The predicted molar refractivity (Wildman–Crippen MR) is 93.1 cm³/mol. The van der Waals surface area contributed by atoms with Crippen molar-refractivity contribution in [2.24, 2.45) is 0 Å². The third kappa shape index (κ3) is 5.06. The Balaban J connectivity index is 2.04. The van der Waals surface area contributed by atoms with E-state index in [1.165, 1.54) is 6.26 Å². The van der Waals surface area contributed by atoms with Crippen LogP contribution in [0.25, 0.3) is 0 Å². The molecule has 1 N–H and O–H groups in total. The van der Waals surface area contributed by atoms with Crippen LogP contribution in [0.4, 0.5) is 0 Å². The molecule has 0 unspecified atom stereocenters. The van der Waals surface area contributed by atoms with Crippen LogP contribution in [0.3, 0.4) is 0 Å². The standard InChI is InChI=1S/C18H27NO3S/c1-3-8-17(14-9-5-4-6-10-14)18(20)19-15-11-7-12-16(13-15)23(2,21)22/h4-6,9-10,15-17H,3,7-8,11-13H2,1-2H3,(H,19,20)/t15-,16-,17-/m0/s1. The third-order valence-corrected chi connectivity index (χ3v) is 6.31. The zero-order chi connectivity index (χ0) is 16.9. The van der Waals surface area contributed by atoms with E-state index in [2.05, 4.69) is 12.2 Å². The molecule has 0 aliphatic heterocycles. The lowest BCUT2D eigenvalue weighted by Gasteiger charge is -2.30. The minimum absolute atomic E-state index is 0.0252. The Bertz CT molecular complexity index is 612. The van der Waals surface area contributed by atoms with Crippen LogP contribution in [0.2, 0.25) is 0 Å². The molecule has 3 atom stereocenters. The third-order valence-electron chi connectivity index (χ3n) is 4.67. The van der Waals surface area contributed by atoms with E-state index in [9.17, 15) is 13.2 Å². The summed E-state index contributed by atoms with van der Waals surface area (Å²) in [6, 6.07) is 9.79. The second-order valence-corrected chi connectivity index (χ2v) is 8.90. The summed E-state index contributed by atoms with van der Waals surface area (Å²) in [5.74, 6) is -0.128. The van der Waals surface area contributed by atoms with Crippen molar-refractivity contribution >= 4 is 15.7 Å². The van der Waals surface area contributed by atoms with E-state index in [0.29, 0.717) is 12.8 Å². The van der Waals surface area contributed by atoms with E-state index in [-0.39, 0.29) is 23.1 Å². The number of carbonyl (C=O) groups excluding carboxylic acids is 1. The summed E-state index contributed by atoms with van der Waals surface area (Å²) in [4.78, 5) is 12.7. The van der Waals surface area contributed by atoms with Gasteiger partial charge in [-0.1, -0.05) is 50.1 Å². The number of rotatable bonds is 6. The summed E-state index contributed by atoms with van der Waals surface area (Å²) in [5, 5.41) is 2.78. The number of amides is 1. The molecular formula is C18H27NO3S. The average molecular weight is 337 g/mol. The summed E-state index contributed by atoms with van der Waals surface area (Å²) < 4.78 is 23.5. The highest BCUT2D eigenvalue weighted by molar-refractivity contribution is 7.91. The fraction of sp³-hybridized carbons (Fsp3) is 0.611. The molecule has 0 bridgehead atoms. The lowest BCUT2D eigenvalue weighted by molar-refractivity contribution is -0.123. The minimum Gasteiger partial charge on any atom is -0.353 e. The number of nitrogens with one attached hydrogen (secondary N) is 1. The summed E-state index contributed by atoms with van der Waals surface area (Å²) >= 11 is 0. The molecule has 1 aliphatic rings. The molecule has 1 amide bonds. The van der Waals surface area contributed by atoms with Crippen molar-refractivity contribution < 1.29 is 13.2 Å². The molecule has 0 aromatic heterocycles.